The van der Waals surface area contributed by atoms with Gasteiger partial charge >= 0.3 is 5.97 Å². The number of carbonyl (C=O) groups excluding carboxylic acids is 3. The van der Waals surface area contributed by atoms with Gasteiger partial charge < -0.3 is 15.1 Å². The monoisotopic (exact) mass is 581 g/mol. The van der Waals surface area contributed by atoms with Gasteiger partial charge in [0, 0.05) is 17.8 Å². The van der Waals surface area contributed by atoms with E-state index in [1.165, 1.54) is 6.92 Å². The van der Waals surface area contributed by atoms with Crippen LogP contribution in [0.5, 0.6) is 0 Å². The van der Waals surface area contributed by atoms with Gasteiger partial charge in [-0.3, -0.25) is 9.59 Å². The molecule has 214 valence electrons. The third kappa shape index (κ3) is 5.72. The highest BCUT2D eigenvalue weighted by atomic mass is 31.2. The van der Waals surface area contributed by atoms with Gasteiger partial charge in [-0.05, 0) is 41.4 Å². The van der Waals surface area contributed by atoms with Crippen LogP contribution in [0.15, 0.2) is 115 Å². The van der Waals surface area contributed by atoms with Gasteiger partial charge in [0.2, 0.25) is 0 Å². The fourth-order valence-corrected chi connectivity index (χ4v) is 9.11. The third-order valence-corrected chi connectivity index (χ3v) is 11.5. The second kappa shape index (κ2) is 12.7. The number of aliphatic hydroxyl groups excluding tert-OH is 2. The van der Waals surface area contributed by atoms with Crippen molar-refractivity contribution in [2.45, 2.75) is 32.1 Å². The Morgan fingerprint density at radius 1 is 0.857 bits per heavy atom. The predicted octanol–water partition coefficient (Wildman–Crippen LogP) is 3.21. The number of aliphatic hydroxyl groups is 2. The summed E-state index contributed by atoms with van der Waals surface area (Å²) in [6, 6.07) is 35.0. The summed E-state index contributed by atoms with van der Waals surface area (Å²) < 4.78 is 0. The van der Waals surface area contributed by atoms with Crippen molar-refractivity contribution in [3.63, 3.8) is 0 Å². The summed E-state index contributed by atoms with van der Waals surface area (Å²) in [5.41, 5.74) is 0.948. The van der Waals surface area contributed by atoms with E-state index in [1.54, 1.807) is 30.1 Å². The second-order valence-corrected chi connectivity index (χ2v) is 13.5. The standard InChI is InChI=1S/C34H32NO6P/c1-24(37)33-30(21-31(38)26-13-11-12-25(20-26)22-36)35(34(33)40)41-32(39)23-42(27-14-5-2-6-15-27,28-16-7-3-8-17-28)29-18-9-4-10-19-29/h2-20,23-24,30,33,36-37H,21-22H2,1H3/t24-,30-,33-/m1/s1. The minimum atomic E-state index is -2.69. The predicted molar refractivity (Wildman–Crippen MR) is 164 cm³/mol. The summed E-state index contributed by atoms with van der Waals surface area (Å²) in [6.45, 7) is -1.42. The Morgan fingerprint density at radius 3 is 1.86 bits per heavy atom. The Bertz CT molecular complexity index is 1520. The van der Waals surface area contributed by atoms with Crippen LogP contribution >= 0.6 is 6.89 Å². The van der Waals surface area contributed by atoms with E-state index in [2.05, 4.69) is 0 Å². The van der Waals surface area contributed by atoms with E-state index < -0.39 is 36.8 Å². The number of nitrogens with zero attached hydrogens (tertiary/aromatic N) is 1. The zero-order chi connectivity index (χ0) is 29.7. The van der Waals surface area contributed by atoms with Crippen LogP contribution in [0.2, 0.25) is 0 Å². The van der Waals surface area contributed by atoms with E-state index in [-0.39, 0.29) is 18.8 Å². The Hall–Kier alpha value is -4.29. The normalized spacial score (nSPS) is 17.2. The summed E-state index contributed by atoms with van der Waals surface area (Å²) in [7, 11) is 0. The molecule has 8 heteroatoms. The van der Waals surface area contributed by atoms with E-state index >= 15 is 0 Å². The molecule has 4 aromatic carbocycles. The molecule has 0 aromatic heterocycles. The maximum atomic E-state index is 13.8. The van der Waals surface area contributed by atoms with E-state index in [0.29, 0.717) is 11.1 Å². The zero-order valence-electron chi connectivity index (χ0n) is 23.1. The van der Waals surface area contributed by atoms with Crippen LogP contribution in [0.4, 0.5) is 0 Å². The average Bonchev–Trinajstić information content (AvgIpc) is 3.03. The molecule has 1 fully saturated rings. The summed E-state index contributed by atoms with van der Waals surface area (Å²) in [6.07, 6.45) is -1.19. The molecule has 1 amide bonds. The molecule has 1 aliphatic rings. The van der Waals surface area contributed by atoms with Crippen molar-refractivity contribution in [2.75, 3.05) is 0 Å². The lowest BCUT2D eigenvalue weighted by Gasteiger charge is -2.45. The van der Waals surface area contributed by atoms with E-state index in [4.69, 9.17) is 4.84 Å². The lowest BCUT2D eigenvalue weighted by atomic mass is 9.81. The van der Waals surface area contributed by atoms with Crippen molar-refractivity contribution in [1.29, 1.82) is 0 Å². The molecule has 3 atom stereocenters. The number of rotatable bonds is 10. The zero-order valence-corrected chi connectivity index (χ0v) is 24.0. The highest BCUT2D eigenvalue weighted by Crippen LogP contribution is 2.44. The van der Waals surface area contributed by atoms with Gasteiger partial charge in [-0.1, -0.05) is 109 Å². The minimum Gasteiger partial charge on any atom is -0.393 e. The fraction of sp³-hybridized carbons (Fsp3) is 0.176. The molecular formula is C34H32NO6P. The molecule has 7 nitrogen and oxygen atoms in total. The van der Waals surface area contributed by atoms with Gasteiger partial charge in [0.1, 0.15) is 0 Å². The topological polar surface area (TPSA) is 104 Å². The van der Waals surface area contributed by atoms with Gasteiger partial charge in [-0.25, -0.2) is 4.79 Å². The van der Waals surface area contributed by atoms with Crippen molar-refractivity contribution in [1.82, 2.24) is 5.06 Å². The number of Topliss-reactive ketones (excluding diaryl/α,β-unsaturated/α-hetero) is 1. The number of hydroxylamine groups is 2. The Balaban J connectivity index is 1.52. The van der Waals surface area contributed by atoms with Gasteiger partial charge in [0.05, 0.1) is 24.7 Å². The number of amides is 1. The van der Waals surface area contributed by atoms with E-state index in [9.17, 15) is 24.6 Å². The van der Waals surface area contributed by atoms with Crippen LogP contribution in [0, 0.1) is 5.92 Å². The Morgan fingerprint density at radius 2 is 1.38 bits per heavy atom. The van der Waals surface area contributed by atoms with Gasteiger partial charge in [-0.15, -0.1) is 0 Å². The third-order valence-electron chi connectivity index (χ3n) is 7.54. The van der Waals surface area contributed by atoms with E-state index in [0.717, 1.165) is 21.0 Å². The van der Waals surface area contributed by atoms with Crippen molar-refractivity contribution < 1.29 is 29.4 Å². The number of ketones is 1. The molecule has 0 aliphatic carbocycles. The smallest absolute Gasteiger partial charge is 0.357 e. The minimum absolute atomic E-state index is 0.153. The number of carbonyl (C=O) groups is 3. The fourth-order valence-electron chi connectivity index (χ4n) is 5.48. The van der Waals surface area contributed by atoms with Crippen LogP contribution in [0.1, 0.15) is 29.3 Å². The number of hydrogen-bond acceptors (Lipinski definition) is 6. The lowest BCUT2D eigenvalue weighted by molar-refractivity contribution is -0.240. The maximum absolute atomic E-state index is 13.8. The first-order valence-corrected chi connectivity index (χ1v) is 15.6. The Kier molecular flexibility index (Phi) is 8.83. The average molecular weight is 582 g/mol. The maximum Gasteiger partial charge on any atom is 0.357 e. The molecule has 0 spiro atoms. The summed E-state index contributed by atoms with van der Waals surface area (Å²) >= 11 is 0. The van der Waals surface area contributed by atoms with Crippen molar-refractivity contribution in [3.8, 4) is 0 Å². The first-order chi connectivity index (χ1) is 20.3. The number of hydrogen-bond donors (Lipinski definition) is 2. The molecule has 4 aromatic rings. The summed E-state index contributed by atoms with van der Waals surface area (Å²) in [5.74, 6) is -0.897. The molecule has 0 bridgehead atoms. The Labute approximate surface area is 244 Å². The molecule has 5 rings (SSSR count). The second-order valence-electron chi connectivity index (χ2n) is 10.3. The van der Waals surface area contributed by atoms with Crippen LogP contribution < -0.4 is 15.9 Å². The van der Waals surface area contributed by atoms with E-state index in [1.807, 2.05) is 91.0 Å². The SMILES string of the molecule is C[C@@H](O)[C@H]1C(=O)N(OC(=O)C=P(c2ccccc2)(c2ccccc2)c2ccccc2)[C@@H]1CC(=O)c1cccc(CO)c1. The van der Waals surface area contributed by atoms with Crippen LogP contribution in [0.3, 0.4) is 0 Å². The molecule has 42 heavy (non-hydrogen) atoms. The van der Waals surface area contributed by atoms with Crippen LogP contribution in [-0.2, 0) is 21.0 Å². The van der Waals surface area contributed by atoms with Gasteiger partial charge in [0.15, 0.2) is 5.78 Å². The first kappa shape index (κ1) is 29.2. The molecule has 0 saturated carbocycles. The van der Waals surface area contributed by atoms with Crippen molar-refractivity contribution in [3.05, 3.63) is 126 Å². The van der Waals surface area contributed by atoms with Crippen LogP contribution in [-0.4, -0.2) is 50.9 Å². The first-order valence-electron chi connectivity index (χ1n) is 13.7. The molecular weight excluding hydrogens is 549 g/mol. The number of benzene rings is 4. The number of β-lactam (4-membered cyclic amide) rings is 1. The molecule has 0 radical (unpaired) electrons. The lowest BCUT2D eigenvalue weighted by Crippen LogP contribution is -2.65. The largest absolute Gasteiger partial charge is 0.393 e. The van der Waals surface area contributed by atoms with Crippen molar-refractivity contribution in [2.24, 2.45) is 5.92 Å². The quantitative estimate of drug-likeness (QED) is 0.169. The van der Waals surface area contributed by atoms with Gasteiger partial charge in [-0.2, -0.15) is 5.06 Å². The molecule has 1 saturated heterocycles. The van der Waals surface area contributed by atoms with Crippen LogP contribution in [0.25, 0.3) is 0 Å². The summed E-state index contributed by atoms with van der Waals surface area (Å²) in [5, 5.41) is 23.5. The highest BCUT2D eigenvalue weighted by Gasteiger charge is 2.53. The summed E-state index contributed by atoms with van der Waals surface area (Å²) in [4.78, 5) is 45.7. The molecule has 1 aliphatic heterocycles. The van der Waals surface area contributed by atoms with Crippen molar-refractivity contribution >= 4 is 46.3 Å². The molecule has 1 heterocycles. The molecule has 0 unspecified atom stereocenters. The highest BCUT2D eigenvalue weighted by molar-refractivity contribution is 7.95. The molecule has 2 N–H and O–H groups in total. The van der Waals surface area contributed by atoms with Gasteiger partial charge in [0.25, 0.3) is 5.91 Å².